The van der Waals surface area contributed by atoms with Crippen LogP contribution in [0.2, 0.25) is 0 Å². The lowest BCUT2D eigenvalue weighted by Crippen LogP contribution is -2.21. The van der Waals surface area contributed by atoms with Crippen molar-refractivity contribution in [2.75, 3.05) is 6.61 Å². The maximum atomic E-state index is 9.72. The molecule has 0 bridgehead atoms. The van der Waals surface area contributed by atoms with Crippen molar-refractivity contribution in [3.8, 4) is 23.3 Å². The standard InChI is InChI=1S/C19H15BrN2O3/c1-2-7-24-16-6-3-11(20)8-14(16)18-13-5-4-12(23)9-17(13)25-19(22)15(18)10-21/h2-6,8-9,18,23H,1,7,22H2. The Labute approximate surface area is 153 Å². The highest BCUT2D eigenvalue weighted by atomic mass is 79.9. The number of ether oxygens (including phenoxy) is 2. The Hall–Kier alpha value is -2.91. The Morgan fingerprint density at radius 2 is 2.12 bits per heavy atom. The average molecular weight is 399 g/mol. The maximum absolute atomic E-state index is 9.72. The van der Waals surface area contributed by atoms with Gasteiger partial charge in [0.25, 0.3) is 0 Å². The summed E-state index contributed by atoms with van der Waals surface area (Å²) < 4.78 is 12.1. The fraction of sp³-hybridized carbons (Fsp3) is 0.105. The number of nitriles is 1. The molecule has 2 aromatic carbocycles. The number of hydrogen-bond donors (Lipinski definition) is 2. The van der Waals surface area contributed by atoms with Crippen LogP contribution in [0.15, 0.2) is 65.0 Å². The first kappa shape index (κ1) is 16.9. The van der Waals surface area contributed by atoms with Crippen LogP contribution in [0.3, 0.4) is 0 Å². The first-order chi connectivity index (χ1) is 12.0. The van der Waals surface area contributed by atoms with Gasteiger partial charge in [-0.25, -0.2) is 0 Å². The molecule has 1 aliphatic rings. The summed E-state index contributed by atoms with van der Waals surface area (Å²) >= 11 is 3.46. The molecule has 1 heterocycles. The molecule has 3 N–H and O–H groups in total. The Kier molecular flexibility index (Phi) is 4.68. The van der Waals surface area contributed by atoms with Crippen molar-refractivity contribution < 1.29 is 14.6 Å². The molecular formula is C19H15BrN2O3. The molecule has 6 heteroatoms. The van der Waals surface area contributed by atoms with Crippen LogP contribution in [-0.4, -0.2) is 11.7 Å². The molecule has 0 saturated heterocycles. The van der Waals surface area contributed by atoms with Gasteiger partial charge in [-0.15, -0.1) is 0 Å². The first-order valence-corrected chi connectivity index (χ1v) is 8.28. The van der Waals surface area contributed by atoms with Gasteiger partial charge in [-0.3, -0.25) is 0 Å². The summed E-state index contributed by atoms with van der Waals surface area (Å²) in [5.74, 6) is 0.640. The summed E-state index contributed by atoms with van der Waals surface area (Å²) in [6.07, 6.45) is 1.65. The van der Waals surface area contributed by atoms with Gasteiger partial charge in [0.05, 0.1) is 5.92 Å². The normalized spacial score (nSPS) is 15.8. The number of allylic oxidation sites excluding steroid dienone is 1. The van der Waals surface area contributed by atoms with E-state index in [9.17, 15) is 10.4 Å². The number of fused-ring (bicyclic) bond motifs is 1. The zero-order chi connectivity index (χ0) is 18.0. The Bertz CT molecular complexity index is 915. The number of nitrogens with two attached hydrogens (primary N) is 1. The summed E-state index contributed by atoms with van der Waals surface area (Å²) in [7, 11) is 0. The van der Waals surface area contributed by atoms with Crippen molar-refractivity contribution in [1.29, 1.82) is 5.26 Å². The summed E-state index contributed by atoms with van der Waals surface area (Å²) in [4.78, 5) is 0. The molecule has 25 heavy (non-hydrogen) atoms. The SMILES string of the molecule is C=CCOc1ccc(Br)cc1C1C(C#N)=C(N)Oc2cc(O)ccc21. The number of halogens is 1. The zero-order valence-corrected chi connectivity index (χ0v) is 14.8. The quantitative estimate of drug-likeness (QED) is 0.761. The van der Waals surface area contributed by atoms with Gasteiger partial charge in [0.2, 0.25) is 5.88 Å². The summed E-state index contributed by atoms with van der Waals surface area (Å²) in [6, 6.07) is 12.5. The number of hydrogen-bond acceptors (Lipinski definition) is 5. The molecule has 126 valence electrons. The van der Waals surface area contributed by atoms with E-state index in [1.165, 1.54) is 6.07 Å². The third-order valence-electron chi connectivity index (χ3n) is 3.84. The largest absolute Gasteiger partial charge is 0.508 e. The minimum Gasteiger partial charge on any atom is -0.508 e. The zero-order valence-electron chi connectivity index (χ0n) is 13.2. The van der Waals surface area contributed by atoms with Gasteiger partial charge in [-0.1, -0.05) is 34.7 Å². The lowest BCUT2D eigenvalue weighted by Gasteiger charge is -2.27. The lowest BCUT2D eigenvalue weighted by molar-refractivity contribution is 0.355. The topological polar surface area (TPSA) is 88.5 Å². The van der Waals surface area contributed by atoms with Crippen molar-refractivity contribution in [2.45, 2.75) is 5.92 Å². The lowest BCUT2D eigenvalue weighted by atomic mass is 9.83. The molecule has 1 unspecified atom stereocenters. The van der Waals surface area contributed by atoms with Crippen molar-refractivity contribution in [1.82, 2.24) is 0 Å². The maximum Gasteiger partial charge on any atom is 0.205 e. The van der Waals surface area contributed by atoms with Gasteiger partial charge in [0.1, 0.15) is 35.5 Å². The molecule has 0 saturated carbocycles. The summed E-state index contributed by atoms with van der Waals surface area (Å²) in [5, 5.41) is 19.3. The number of phenols is 1. The summed E-state index contributed by atoms with van der Waals surface area (Å²) in [5.41, 5.74) is 7.74. The fourth-order valence-electron chi connectivity index (χ4n) is 2.79. The predicted molar refractivity (Wildman–Crippen MR) is 97.2 cm³/mol. The number of aromatic hydroxyl groups is 1. The molecule has 5 nitrogen and oxygen atoms in total. The Balaban J connectivity index is 2.23. The second kappa shape index (κ2) is 6.91. The number of benzene rings is 2. The van der Waals surface area contributed by atoms with E-state index in [1.54, 1.807) is 18.2 Å². The number of rotatable bonds is 4. The molecule has 0 radical (unpaired) electrons. The second-order valence-electron chi connectivity index (χ2n) is 5.43. The minimum atomic E-state index is -0.466. The van der Waals surface area contributed by atoms with E-state index in [1.807, 2.05) is 18.2 Å². The van der Waals surface area contributed by atoms with Gasteiger partial charge in [-0.05, 0) is 24.3 Å². The van der Waals surface area contributed by atoms with Crippen LogP contribution in [-0.2, 0) is 0 Å². The predicted octanol–water partition coefficient (Wildman–Crippen LogP) is 3.94. The molecule has 0 amide bonds. The van der Waals surface area contributed by atoms with E-state index in [0.29, 0.717) is 23.7 Å². The van der Waals surface area contributed by atoms with E-state index < -0.39 is 5.92 Å². The van der Waals surface area contributed by atoms with Gasteiger partial charge in [-0.2, -0.15) is 5.26 Å². The highest BCUT2D eigenvalue weighted by Crippen LogP contribution is 2.46. The Morgan fingerprint density at radius 3 is 2.84 bits per heavy atom. The fourth-order valence-corrected chi connectivity index (χ4v) is 3.17. The van der Waals surface area contributed by atoms with E-state index >= 15 is 0 Å². The highest BCUT2D eigenvalue weighted by molar-refractivity contribution is 9.10. The van der Waals surface area contributed by atoms with E-state index in [4.69, 9.17) is 15.2 Å². The molecular weight excluding hydrogens is 384 g/mol. The molecule has 3 rings (SSSR count). The number of nitrogens with zero attached hydrogens (tertiary/aromatic N) is 1. The van der Waals surface area contributed by atoms with Crippen molar-refractivity contribution >= 4 is 15.9 Å². The second-order valence-corrected chi connectivity index (χ2v) is 6.34. The van der Waals surface area contributed by atoms with Crippen LogP contribution in [0.1, 0.15) is 17.0 Å². The first-order valence-electron chi connectivity index (χ1n) is 7.48. The van der Waals surface area contributed by atoms with Crippen molar-refractivity contribution in [3.63, 3.8) is 0 Å². The van der Waals surface area contributed by atoms with Gasteiger partial charge >= 0.3 is 0 Å². The van der Waals surface area contributed by atoms with E-state index in [-0.39, 0.29) is 11.6 Å². The molecule has 0 aliphatic carbocycles. The molecule has 1 atom stereocenters. The summed E-state index contributed by atoms with van der Waals surface area (Å²) in [6.45, 7) is 4.00. The highest BCUT2D eigenvalue weighted by Gasteiger charge is 2.32. The third-order valence-corrected chi connectivity index (χ3v) is 4.34. The van der Waals surface area contributed by atoms with Crippen LogP contribution in [0.4, 0.5) is 0 Å². The van der Waals surface area contributed by atoms with Crippen LogP contribution in [0.5, 0.6) is 17.2 Å². The molecule has 0 spiro atoms. The van der Waals surface area contributed by atoms with Crippen LogP contribution < -0.4 is 15.2 Å². The van der Waals surface area contributed by atoms with Crippen molar-refractivity contribution in [2.24, 2.45) is 5.73 Å². The average Bonchev–Trinajstić information content (AvgIpc) is 2.59. The minimum absolute atomic E-state index is 0.0141. The van der Waals surface area contributed by atoms with Gasteiger partial charge in [0.15, 0.2) is 0 Å². The van der Waals surface area contributed by atoms with E-state index in [0.717, 1.165) is 15.6 Å². The van der Waals surface area contributed by atoms with Crippen molar-refractivity contribution in [3.05, 3.63) is 76.1 Å². The molecule has 0 fully saturated rings. The van der Waals surface area contributed by atoms with Crippen LogP contribution in [0, 0.1) is 11.3 Å². The van der Waals surface area contributed by atoms with Crippen LogP contribution in [0.25, 0.3) is 0 Å². The number of phenolic OH excluding ortho intramolecular Hbond substituents is 1. The molecule has 2 aromatic rings. The Morgan fingerprint density at radius 1 is 1.32 bits per heavy atom. The molecule has 1 aliphatic heterocycles. The van der Waals surface area contributed by atoms with Gasteiger partial charge < -0.3 is 20.3 Å². The third kappa shape index (κ3) is 3.19. The smallest absolute Gasteiger partial charge is 0.205 e. The van der Waals surface area contributed by atoms with Crippen LogP contribution >= 0.6 is 15.9 Å². The monoisotopic (exact) mass is 398 g/mol. The van der Waals surface area contributed by atoms with E-state index in [2.05, 4.69) is 28.6 Å². The molecule has 0 aromatic heterocycles. The van der Waals surface area contributed by atoms with Gasteiger partial charge in [0, 0.05) is 21.7 Å².